The number of carbonyl (C=O) groups excluding carboxylic acids is 1. The normalized spacial score (nSPS) is 14.2. The quantitative estimate of drug-likeness (QED) is 0.813. The third-order valence-electron chi connectivity index (χ3n) is 2.74. The number of anilines is 1. The van der Waals surface area contributed by atoms with Gasteiger partial charge in [0.2, 0.25) is 5.91 Å². The van der Waals surface area contributed by atoms with Crippen LogP contribution in [0.3, 0.4) is 0 Å². The summed E-state index contributed by atoms with van der Waals surface area (Å²) in [5.41, 5.74) is 7.43. The van der Waals surface area contributed by atoms with E-state index in [1.54, 1.807) is 6.20 Å². The first-order chi connectivity index (χ1) is 7.54. The maximum Gasteiger partial charge on any atom is 0.241 e. The van der Waals surface area contributed by atoms with Gasteiger partial charge in [-0.05, 0) is 25.0 Å². The summed E-state index contributed by atoms with van der Waals surface area (Å²) in [5.74, 6) is 0.0263. The third-order valence-corrected chi connectivity index (χ3v) is 2.74. The molecule has 0 bridgehead atoms. The van der Waals surface area contributed by atoms with Crippen LogP contribution >= 0.6 is 0 Å². The molecule has 1 amide bonds. The molecule has 3 N–H and O–H groups in total. The van der Waals surface area contributed by atoms with Crippen molar-refractivity contribution in [1.82, 2.24) is 4.98 Å². The summed E-state index contributed by atoms with van der Waals surface area (Å²) in [7, 11) is 0. The van der Waals surface area contributed by atoms with Gasteiger partial charge in [-0.3, -0.25) is 9.78 Å². The Morgan fingerprint density at radius 3 is 2.75 bits per heavy atom. The summed E-state index contributed by atoms with van der Waals surface area (Å²) in [4.78, 5) is 15.8. The number of hydrogen-bond donors (Lipinski definition) is 2. The lowest BCUT2D eigenvalue weighted by Crippen LogP contribution is -2.40. The SMILES string of the molecule is CCC(C)[C@H](N)C(=O)Nc1ccc(C)nc1. The molecule has 4 nitrogen and oxygen atoms in total. The van der Waals surface area contributed by atoms with E-state index in [1.165, 1.54) is 0 Å². The van der Waals surface area contributed by atoms with E-state index in [1.807, 2.05) is 32.9 Å². The summed E-state index contributed by atoms with van der Waals surface area (Å²) in [6.07, 6.45) is 2.53. The summed E-state index contributed by atoms with van der Waals surface area (Å²) >= 11 is 0. The number of aromatic nitrogens is 1. The van der Waals surface area contributed by atoms with E-state index in [9.17, 15) is 4.79 Å². The van der Waals surface area contributed by atoms with Crippen LogP contribution in [0, 0.1) is 12.8 Å². The second-order valence-electron chi connectivity index (χ2n) is 4.09. The molecule has 0 spiro atoms. The van der Waals surface area contributed by atoms with Crippen molar-refractivity contribution >= 4 is 11.6 Å². The molecule has 1 aromatic heterocycles. The molecule has 1 heterocycles. The van der Waals surface area contributed by atoms with Gasteiger partial charge in [0.1, 0.15) is 0 Å². The van der Waals surface area contributed by atoms with Crippen molar-refractivity contribution in [3.8, 4) is 0 Å². The first kappa shape index (κ1) is 12.6. The molecular formula is C12H19N3O. The molecule has 0 radical (unpaired) electrons. The van der Waals surface area contributed by atoms with Gasteiger partial charge >= 0.3 is 0 Å². The fourth-order valence-electron chi connectivity index (χ4n) is 1.28. The summed E-state index contributed by atoms with van der Waals surface area (Å²) in [6.45, 7) is 5.89. The molecule has 0 saturated heterocycles. The second kappa shape index (κ2) is 5.61. The monoisotopic (exact) mass is 221 g/mol. The molecule has 2 atom stereocenters. The van der Waals surface area contributed by atoms with Gasteiger partial charge in [-0.25, -0.2) is 0 Å². The fourth-order valence-corrected chi connectivity index (χ4v) is 1.28. The number of amides is 1. The van der Waals surface area contributed by atoms with E-state index in [4.69, 9.17) is 5.73 Å². The summed E-state index contributed by atoms with van der Waals surface area (Å²) < 4.78 is 0. The lowest BCUT2D eigenvalue weighted by Gasteiger charge is -2.17. The standard InChI is InChI=1S/C12H19N3O/c1-4-8(2)11(13)12(16)15-10-6-5-9(3)14-7-10/h5-8,11H,4,13H2,1-3H3,(H,15,16)/t8?,11-/m0/s1. The summed E-state index contributed by atoms with van der Waals surface area (Å²) in [5, 5.41) is 2.76. The first-order valence-corrected chi connectivity index (χ1v) is 5.53. The maximum absolute atomic E-state index is 11.7. The van der Waals surface area contributed by atoms with Crippen molar-refractivity contribution in [1.29, 1.82) is 0 Å². The molecule has 1 rings (SSSR count). The molecule has 0 fully saturated rings. The molecule has 0 aliphatic carbocycles. The van der Waals surface area contributed by atoms with Gasteiger partial charge in [0, 0.05) is 5.69 Å². The average Bonchev–Trinajstić information content (AvgIpc) is 2.30. The van der Waals surface area contributed by atoms with E-state index in [-0.39, 0.29) is 11.8 Å². The van der Waals surface area contributed by atoms with Crippen molar-refractivity contribution in [3.05, 3.63) is 24.0 Å². The highest BCUT2D eigenvalue weighted by Crippen LogP contribution is 2.10. The molecule has 1 unspecified atom stereocenters. The Hall–Kier alpha value is -1.42. The van der Waals surface area contributed by atoms with Crippen LogP contribution in [0.1, 0.15) is 26.0 Å². The van der Waals surface area contributed by atoms with E-state index in [2.05, 4.69) is 10.3 Å². The lowest BCUT2D eigenvalue weighted by molar-refractivity contribution is -0.118. The van der Waals surface area contributed by atoms with Crippen molar-refractivity contribution in [3.63, 3.8) is 0 Å². The predicted molar refractivity (Wildman–Crippen MR) is 65.0 cm³/mol. The smallest absolute Gasteiger partial charge is 0.241 e. The minimum atomic E-state index is -0.466. The molecule has 0 aliphatic rings. The van der Waals surface area contributed by atoms with Crippen LogP contribution in [0.5, 0.6) is 0 Å². The van der Waals surface area contributed by atoms with E-state index >= 15 is 0 Å². The zero-order valence-electron chi connectivity index (χ0n) is 10.0. The Morgan fingerprint density at radius 2 is 2.25 bits per heavy atom. The van der Waals surface area contributed by atoms with Crippen molar-refractivity contribution in [2.75, 3.05) is 5.32 Å². The number of carbonyl (C=O) groups is 1. The van der Waals surface area contributed by atoms with Crippen LogP contribution in [0.25, 0.3) is 0 Å². The van der Waals surface area contributed by atoms with E-state index in [0.29, 0.717) is 5.69 Å². The second-order valence-corrected chi connectivity index (χ2v) is 4.09. The minimum absolute atomic E-state index is 0.153. The van der Waals surface area contributed by atoms with Gasteiger partial charge in [-0.2, -0.15) is 0 Å². The molecule has 0 saturated carbocycles. The average molecular weight is 221 g/mol. The van der Waals surface area contributed by atoms with Gasteiger partial charge in [0.15, 0.2) is 0 Å². The molecule has 16 heavy (non-hydrogen) atoms. The van der Waals surface area contributed by atoms with Gasteiger partial charge in [0.05, 0.1) is 17.9 Å². The molecule has 4 heteroatoms. The van der Waals surface area contributed by atoms with Gasteiger partial charge in [0.25, 0.3) is 0 Å². The molecule has 0 aromatic carbocycles. The van der Waals surface area contributed by atoms with Crippen LogP contribution in [0.2, 0.25) is 0 Å². The minimum Gasteiger partial charge on any atom is -0.323 e. The van der Waals surface area contributed by atoms with Crippen molar-refractivity contribution in [2.45, 2.75) is 33.2 Å². The van der Waals surface area contributed by atoms with E-state index < -0.39 is 6.04 Å². The summed E-state index contributed by atoms with van der Waals surface area (Å²) in [6, 6.07) is 3.21. The highest BCUT2D eigenvalue weighted by atomic mass is 16.2. The first-order valence-electron chi connectivity index (χ1n) is 5.53. The lowest BCUT2D eigenvalue weighted by atomic mass is 9.99. The highest BCUT2D eigenvalue weighted by Gasteiger charge is 2.19. The van der Waals surface area contributed by atoms with Crippen LogP contribution in [0.15, 0.2) is 18.3 Å². The molecule has 0 aliphatic heterocycles. The number of pyridine rings is 1. The molecule has 1 aromatic rings. The van der Waals surface area contributed by atoms with Crippen LogP contribution in [0.4, 0.5) is 5.69 Å². The van der Waals surface area contributed by atoms with Crippen LogP contribution in [-0.2, 0) is 4.79 Å². The number of nitrogens with two attached hydrogens (primary N) is 1. The fraction of sp³-hybridized carbons (Fsp3) is 0.500. The van der Waals surface area contributed by atoms with Gasteiger partial charge in [-0.15, -0.1) is 0 Å². The third kappa shape index (κ3) is 3.31. The van der Waals surface area contributed by atoms with Crippen LogP contribution in [-0.4, -0.2) is 16.9 Å². The highest BCUT2D eigenvalue weighted by molar-refractivity contribution is 5.94. The number of rotatable bonds is 4. The van der Waals surface area contributed by atoms with Crippen molar-refractivity contribution in [2.24, 2.45) is 11.7 Å². The Bertz CT molecular complexity index is 348. The topological polar surface area (TPSA) is 68.0 Å². The predicted octanol–water partition coefficient (Wildman–Crippen LogP) is 1.70. The van der Waals surface area contributed by atoms with Crippen molar-refractivity contribution < 1.29 is 4.79 Å². The number of hydrogen-bond acceptors (Lipinski definition) is 3. The van der Waals surface area contributed by atoms with E-state index in [0.717, 1.165) is 12.1 Å². The Balaban J connectivity index is 2.60. The zero-order valence-corrected chi connectivity index (χ0v) is 10.0. The maximum atomic E-state index is 11.7. The largest absolute Gasteiger partial charge is 0.323 e. The molecular weight excluding hydrogens is 202 g/mol. The molecule has 88 valence electrons. The number of aryl methyl sites for hydroxylation is 1. The van der Waals surface area contributed by atoms with Crippen LogP contribution < -0.4 is 11.1 Å². The Labute approximate surface area is 96.3 Å². The Kier molecular flexibility index (Phi) is 4.43. The number of nitrogens with zero attached hydrogens (tertiary/aromatic N) is 1. The Morgan fingerprint density at radius 1 is 1.56 bits per heavy atom. The van der Waals surface area contributed by atoms with Gasteiger partial charge in [-0.1, -0.05) is 20.3 Å². The van der Waals surface area contributed by atoms with Gasteiger partial charge < -0.3 is 11.1 Å². The number of nitrogens with one attached hydrogen (secondary N) is 1. The zero-order chi connectivity index (χ0) is 12.1.